The Hall–Kier alpha value is -0.610. The van der Waals surface area contributed by atoms with Crippen molar-refractivity contribution < 1.29 is 9.59 Å². The van der Waals surface area contributed by atoms with Crippen LogP contribution in [-0.4, -0.2) is 35.8 Å². The number of piperazine rings is 1. The standard InChI is InChI=1S/C9H14N2O2.ClH/c12-8-5-10-6-9(13)11(8)7-3-1-2-4-7;/h7,10H,1-6H2;1H. The van der Waals surface area contributed by atoms with E-state index >= 15 is 0 Å². The molecule has 1 heterocycles. The fourth-order valence-corrected chi connectivity index (χ4v) is 2.16. The van der Waals surface area contributed by atoms with Crippen LogP contribution in [0.4, 0.5) is 0 Å². The van der Waals surface area contributed by atoms with Gasteiger partial charge in [-0.05, 0) is 12.8 Å². The van der Waals surface area contributed by atoms with Gasteiger partial charge in [0.15, 0.2) is 0 Å². The zero-order valence-corrected chi connectivity index (χ0v) is 8.81. The second-order valence-corrected chi connectivity index (χ2v) is 3.70. The Kier molecular flexibility index (Phi) is 3.89. The molecule has 0 bridgehead atoms. The molecule has 1 aliphatic heterocycles. The van der Waals surface area contributed by atoms with E-state index in [0.29, 0.717) is 13.1 Å². The molecule has 2 aliphatic rings. The first-order valence-corrected chi connectivity index (χ1v) is 4.84. The molecule has 1 saturated carbocycles. The Labute approximate surface area is 89.4 Å². The lowest BCUT2D eigenvalue weighted by Gasteiger charge is -2.30. The Morgan fingerprint density at radius 1 is 1.07 bits per heavy atom. The van der Waals surface area contributed by atoms with Gasteiger partial charge < -0.3 is 0 Å². The molecule has 2 rings (SSSR count). The van der Waals surface area contributed by atoms with Gasteiger partial charge in [-0.1, -0.05) is 12.8 Å². The van der Waals surface area contributed by atoms with Gasteiger partial charge in [0, 0.05) is 6.04 Å². The largest absolute Gasteiger partial charge is 0.300 e. The molecular formula is C9H15ClN2O2. The van der Waals surface area contributed by atoms with E-state index in [2.05, 4.69) is 5.32 Å². The molecule has 2 amide bonds. The van der Waals surface area contributed by atoms with E-state index in [0.717, 1.165) is 25.7 Å². The van der Waals surface area contributed by atoms with Crippen LogP contribution in [-0.2, 0) is 9.59 Å². The Morgan fingerprint density at radius 3 is 2.07 bits per heavy atom. The molecule has 0 radical (unpaired) electrons. The van der Waals surface area contributed by atoms with E-state index < -0.39 is 0 Å². The van der Waals surface area contributed by atoms with Crippen LogP contribution < -0.4 is 5.32 Å². The van der Waals surface area contributed by atoms with Crippen molar-refractivity contribution in [1.82, 2.24) is 10.2 Å². The first-order chi connectivity index (χ1) is 6.29. The maximum atomic E-state index is 11.4. The lowest BCUT2D eigenvalue weighted by Crippen LogP contribution is -2.55. The third-order valence-corrected chi connectivity index (χ3v) is 2.78. The van der Waals surface area contributed by atoms with E-state index in [1.807, 2.05) is 0 Å². The summed E-state index contributed by atoms with van der Waals surface area (Å²) in [5.74, 6) is -0.105. The van der Waals surface area contributed by atoms with E-state index in [1.54, 1.807) is 0 Å². The van der Waals surface area contributed by atoms with Crippen molar-refractivity contribution >= 4 is 24.2 Å². The van der Waals surface area contributed by atoms with Gasteiger partial charge in [-0.25, -0.2) is 0 Å². The summed E-state index contributed by atoms with van der Waals surface area (Å²) in [4.78, 5) is 24.3. The van der Waals surface area contributed by atoms with Crippen molar-refractivity contribution in [1.29, 1.82) is 0 Å². The van der Waals surface area contributed by atoms with Crippen LogP contribution >= 0.6 is 12.4 Å². The smallest absolute Gasteiger partial charge is 0.243 e. The highest BCUT2D eigenvalue weighted by atomic mass is 35.5. The fourth-order valence-electron chi connectivity index (χ4n) is 2.16. The number of nitrogens with zero attached hydrogens (tertiary/aromatic N) is 1. The number of hydrogen-bond acceptors (Lipinski definition) is 3. The molecule has 2 fully saturated rings. The van der Waals surface area contributed by atoms with Crippen LogP contribution in [0.15, 0.2) is 0 Å². The minimum Gasteiger partial charge on any atom is -0.300 e. The average Bonchev–Trinajstić information content (AvgIpc) is 2.57. The lowest BCUT2D eigenvalue weighted by atomic mass is 10.2. The Balaban J connectivity index is 0.000000980. The summed E-state index contributed by atoms with van der Waals surface area (Å²) in [5, 5.41) is 2.80. The molecule has 1 saturated heterocycles. The predicted octanol–water partition coefficient (Wildman–Crippen LogP) is 0.309. The van der Waals surface area contributed by atoms with E-state index in [1.165, 1.54) is 4.90 Å². The summed E-state index contributed by atoms with van der Waals surface area (Å²) in [6.45, 7) is 0.643. The second kappa shape index (κ2) is 4.75. The Bertz CT molecular complexity index is 223. The molecule has 4 nitrogen and oxygen atoms in total. The topological polar surface area (TPSA) is 49.4 Å². The first-order valence-electron chi connectivity index (χ1n) is 4.84. The van der Waals surface area contributed by atoms with Crippen molar-refractivity contribution in [2.75, 3.05) is 13.1 Å². The van der Waals surface area contributed by atoms with E-state index in [9.17, 15) is 9.59 Å². The Morgan fingerprint density at radius 2 is 1.57 bits per heavy atom. The molecule has 0 unspecified atom stereocenters. The molecular weight excluding hydrogens is 204 g/mol. The van der Waals surface area contributed by atoms with Gasteiger partial charge in [0.05, 0.1) is 13.1 Å². The summed E-state index contributed by atoms with van der Waals surface area (Å²) in [5.41, 5.74) is 0. The average molecular weight is 219 g/mol. The molecule has 1 N–H and O–H groups in total. The molecule has 0 aromatic heterocycles. The fraction of sp³-hybridized carbons (Fsp3) is 0.778. The highest BCUT2D eigenvalue weighted by molar-refractivity contribution is 5.99. The maximum Gasteiger partial charge on any atom is 0.243 e. The van der Waals surface area contributed by atoms with Gasteiger partial charge in [0.1, 0.15) is 0 Å². The molecule has 1 aliphatic carbocycles. The van der Waals surface area contributed by atoms with Crippen LogP contribution in [0.2, 0.25) is 0 Å². The summed E-state index contributed by atoms with van der Waals surface area (Å²) in [7, 11) is 0. The van der Waals surface area contributed by atoms with Gasteiger partial charge in [0.25, 0.3) is 0 Å². The summed E-state index contributed by atoms with van der Waals surface area (Å²) in [6.07, 6.45) is 4.29. The monoisotopic (exact) mass is 218 g/mol. The predicted molar refractivity (Wildman–Crippen MR) is 54.2 cm³/mol. The number of rotatable bonds is 1. The van der Waals surface area contributed by atoms with E-state index in [-0.39, 0.29) is 30.3 Å². The van der Waals surface area contributed by atoms with Crippen molar-refractivity contribution in [2.24, 2.45) is 0 Å². The highest BCUT2D eigenvalue weighted by Crippen LogP contribution is 2.24. The number of imide groups is 1. The van der Waals surface area contributed by atoms with Gasteiger partial charge in [-0.2, -0.15) is 0 Å². The SMILES string of the molecule is Cl.O=C1CNCC(=O)N1C1CCCC1. The molecule has 80 valence electrons. The molecule has 0 aromatic carbocycles. The van der Waals surface area contributed by atoms with Crippen LogP contribution in [0, 0.1) is 0 Å². The number of hydrogen-bond donors (Lipinski definition) is 1. The summed E-state index contributed by atoms with van der Waals surface area (Å²) >= 11 is 0. The first kappa shape index (κ1) is 11.5. The lowest BCUT2D eigenvalue weighted by molar-refractivity contribution is -0.149. The molecule has 0 atom stereocenters. The number of halogens is 1. The molecule has 0 spiro atoms. The van der Waals surface area contributed by atoms with Crippen LogP contribution in [0.5, 0.6) is 0 Å². The minimum atomic E-state index is -0.0526. The van der Waals surface area contributed by atoms with Crippen LogP contribution in [0.25, 0.3) is 0 Å². The van der Waals surface area contributed by atoms with Gasteiger partial charge in [0.2, 0.25) is 11.8 Å². The second-order valence-electron chi connectivity index (χ2n) is 3.70. The van der Waals surface area contributed by atoms with Crippen molar-refractivity contribution in [3.05, 3.63) is 0 Å². The third kappa shape index (κ3) is 2.07. The normalized spacial score (nSPS) is 23.9. The molecule has 14 heavy (non-hydrogen) atoms. The minimum absolute atomic E-state index is 0. The quantitative estimate of drug-likeness (QED) is 0.645. The summed E-state index contributed by atoms with van der Waals surface area (Å²) < 4.78 is 0. The van der Waals surface area contributed by atoms with Crippen molar-refractivity contribution in [2.45, 2.75) is 31.7 Å². The van der Waals surface area contributed by atoms with Gasteiger partial charge in [-0.3, -0.25) is 19.8 Å². The van der Waals surface area contributed by atoms with Crippen LogP contribution in [0.3, 0.4) is 0 Å². The number of nitrogens with one attached hydrogen (secondary N) is 1. The van der Waals surface area contributed by atoms with Crippen molar-refractivity contribution in [3.63, 3.8) is 0 Å². The van der Waals surface area contributed by atoms with Gasteiger partial charge in [-0.15, -0.1) is 12.4 Å². The van der Waals surface area contributed by atoms with E-state index in [4.69, 9.17) is 0 Å². The maximum absolute atomic E-state index is 11.4. The van der Waals surface area contributed by atoms with Crippen LogP contribution in [0.1, 0.15) is 25.7 Å². The third-order valence-electron chi connectivity index (χ3n) is 2.78. The molecule has 0 aromatic rings. The molecule has 5 heteroatoms. The zero-order valence-electron chi connectivity index (χ0n) is 7.99. The summed E-state index contributed by atoms with van der Waals surface area (Å²) in [6, 6.07) is 0.196. The van der Waals surface area contributed by atoms with Crippen molar-refractivity contribution in [3.8, 4) is 0 Å². The number of carbonyl (C=O) groups excluding carboxylic acids is 2. The highest BCUT2D eigenvalue weighted by Gasteiger charge is 2.33. The number of amides is 2. The van der Waals surface area contributed by atoms with Gasteiger partial charge >= 0.3 is 0 Å². The number of carbonyl (C=O) groups is 2. The zero-order chi connectivity index (χ0) is 9.26.